The smallest absolute Gasteiger partial charge is 0.140 e. The third kappa shape index (κ3) is 5.54. The van der Waals surface area contributed by atoms with Crippen molar-refractivity contribution in [3.05, 3.63) is 15.6 Å². The third-order valence-electron chi connectivity index (χ3n) is 2.86. The maximum absolute atomic E-state index is 8.56. The van der Waals surface area contributed by atoms with Crippen LogP contribution in [0.3, 0.4) is 0 Å². The summed E-state index contributed by atoms with van der Waals surface area (Å²) in [5.41, 5.74) is 6.59. The predicted octanol–water partition coefficient (Wildman–Crippen LogP) is 1.34. The molecular weight excluding hydrogens is 264 g/mol. The summed E-state index contributed by atoms with van der Waals surface area (Å²) in [6.45, 7) is 7.03. The van der Waals surface area contributed by atoms with Gasteiger partial charge in [0.25, 0.3) is 0 Å². The highest BCUT2D eigenvalue weighted by molar-refractivity contribution is 7.11. The number of nitrogens with zero attached hydrogens (tertiary/aromatic N) is 3. The van der Waals surface area contributed by atoms with E-state index in [4.69, 9.17) is 15.7 Å². The Balaban J connectivity index is 2.57. The maximum Gasteiger partial charge on any atom is 0.140 e. The molecule has 0 radical (unpaired) electrons. The van der Waals surface area contributed by atoms with Gasteiger partial charge in [-0.3, -0.25) is 4.90 Å². The maximum atomic E-state index is 8.56. The molecule has 0 aliphatic heterocycles. The van der Waals surface area contributed by atoms with Gasteiger partial charge in [-0.25, -0.2) is 4.98 Å². The molecule has 108 valence electrons. The summed E-state index contributed by atoms with van der Waals surface area (Å²) >= 11 is 1.71. The average Bonchev–Trinajstić information content (AvgIpc) is 2.71. The molecular formula is C12H22N4O2S. The monoisotopic (exact) mass is 286 g/mol. The van der Waals surface area contributed by atoms with E-state index < -0.39 is 0 Å². The Morgan fingerprint density at radius 2 is 2.21 bits per heavy atom. The highest BCUT2D eigenvalue weighted by Gasteiger charge is 2.11. The molecule has 6 nitrogen and oxygen atoms in total. The van der Waals surface area contributed by atoms with Gasteiger partial charge in [0, 0.05) is 31.5 Å². The van der Waals surface area contributed by atoms with Crippen molar-refractivity contribution in [3.8, 4) is 0 Å². The lowest BCUT2D eigenvalue weighted by atomic mass is 10.3. The van der Waals surface area contributed by atoms with Crippen molar-refractivity contribution in [2.24, 2.45) is 10.9 Å². The van der Waals surface area contributed by atoms with Gasteiger partial charge in [0.05, 0.1) is 18.8 Å². The van der Waals surface area contributed by atoms with Crippen molar-refractivity contribution in [1.29, 1.82) is 0 Å². The second kappa shape index (κ2) is 8.08. The van der Waals surface area contributed by atoms with Crippen LogP contribution >= 0.6 is 11.3 Å². The summed E-state index contributed by atoms with van der Waals surface area (Å²) in [6, 6.07) is 0. The quantitative estimate of drug-likeness (QED) is 0.326. The molecule has 1 rings (SSSR count). The average molecular weight is 286 g/mol. The molecule has 0 unspecified atom stereocenters. The lowest BCUT2D eigenvalue weighted by Crippen LogP contribution is -2.30. The number of oxime groups is 1. The van der Waals surface area contributed by atoms with Gasteiger partial charge in [0.15, 0.2) is 0 Å². The number of amidine groups is 1. The Morgan fingerprint density at radius 3 is 2.74 bits per heavy atom. The molecule has 0 saturated heterocycles. The van der Waals surface area contributed by atoms with E-state index in [-0.39, 0.29) is 5.84 Å². The molecule has 1 aromatic heterocycles. The van der Waals surface area contributed by atoms with Gasteiger partial charge in [0.2, 0.25) is 0 Å². The fourth-order valence-corrected chi connectivity index (χ4v) is 2.59. The molecule has 3 N–H and O–H groups in total. The summed E-state index contributed by atoms with van der Waals surface area (Å²) in [7, 11) is 1.68. The van der Waals surface area contributed by atoms with E-state index in [9.17, 15) is 0 Å². The fraction of sp³-hybridized carbons (Fsp3) is 0.667. The number of ether oxygens (including phenoxy) is 1. The fourth-order valence-electron chi connectivity index (χ4n) is 1.61. The number of methoxy groups -OCH3 is 1. The van der Waals surface area contributed by atoms with E-state index in [1.807, 2.05) is 6.92 Å². The molecule has 0 fully saturated rings. The number of rotatable bonds is 8. The first-order chi connectivity index (χ1) is 9.06. The first-order valence-electron chi connectivity index (χ1n) is 6.17. The second-order valence-electron chi connectivity index (χ2n) is 4.36. The Bertz CT molecular complexity index is 400. The van der Waals surface area contributed by atoms with Gasteiger partial charge in [-0.1, -0.05) is 5.16 Å². The van der Waals surface area contributed by atoms with Gasteiger partial charge in [0.1, 0.15) is 10.8 Å². The third-order valence-corrected chi connectivity index (χ3v) is 3.91. The standard InChI is InChI=1S/C12H22N4O2S/c1-9-10(2)19-12(14-9)8-16(6-7-18-3)5-4-11(13)15-17/h17H,4-8H2,1-3H3,(H2,13,15). The van der Waals surface area contributed by atoms with Crippen LogP contribution in [-0.4, -0.2) is 47.7 Å². The molecule has 1 aromatic rings. The van der Waals surface area contributed by atoms with Gasteiger partial charge in [-0.2, -0.15) is 0 Å². The Kier molecular flexibility index (Phi) is 6.75. The lowest BCUT2D eigenvalue weighted by molar-refractivity contribution is 0.145. The number of aryl methyl sites for hydroxylation is 2. The SMILES string of the molecule is COCCN(CCC(N)=NO)Cc1nc(C)c(C)s1. The zero-order valence-corrected chi connectivity index (χ0v) is 12.5. The summed E-state index contributed by atoms with van der Waals surface area (Å²) in [5, 5.41) is 12.6. The number of nitrogens with two attached hydrogens (primary N) is 1. The van der Waals surface area contributed by atoms with Crippen LogP contribution in [0.25, 0.3) is 0 Å². The summed E-state index contributed by atoms with van der Waals surface area (Å²) in [6.07, 6.45) is 0.531. The van der Waals surface area contributed by atoms with Gasteiger partial charge < -0.3 is 15.7 Å². The van der Waals surface area contributed by atoms with Crippen molar-refractivity contribution >= 4 is 17.2 Å². The molecule has 0 saturated carbocycles. The first-order valence-corrected chi connectivity index (χ1v) is 6.99. The van der Waals surface area contributed by atoms with Crippen molar-refractivity contribution in [2.75, 3.05) is 26.8 Å². The van der Waals surface area contributed by atoms with E-state index in [0.717, 1.165) is 30.3 Å². The minimum Gasteiger partial charge on any atom is -0.409 e. The summed E-state index contributed by atoms with van der Waals surface area (Å²) in [5.74, 6) is 0.244. The van der Waals surface area contributed by atoms with Crippen LogP contribution in [0.5, 0.6) is 0 Å². The largest absolute Gasteiger partial charge is 0.409 e. The molecule has 19 heavy (non-hydrogen) atoms. The van der Waals surface area contributed by atoms with Gasteiger partial charge in [-0.15, -0.1) is 11.3 Å². The predicted molar refractivity (Wildman–Crippen MR) is 76.8 cm³/mol. The van der Waals surface area contributed by atoms with Crippen LogP contribution in [-0.2, 0) is 11.3 Å². The number of aromatic nitrogens is 1. The van der Waals surface area contributed by atoms with Crippen LogP contribution in [0.1, 0.15) is 22.0 Å². The van der Waals surface area contributed by atoms with E-state index in [0.29, 0.717) is 13.0 Å². The van der Waals surface area contributed by atoms with Crippen LogP contribution in [0.4, 0.5) is 0 Å². The van der Waals surface area contributed by atoms with Crippen molar-refractivity contribution < 1.29 is 9.94 Å². The van der Waals surface area contributed by atoms with Gasteiger partial charge in [-0.05, 0) is 13.8 Å². The molecule has 0 aromatic carbocycles. The Hall–Kier alpha value is -1.18. The van der Waals surface area contributed by atoms with E-state index in [1.165, 1.54) is 4.88 Å². The highest BCUT2D eigenvalue weighted by atomic mass is 32.1. The zero-order valence-electron chi connectivity index (χ0n) is 11.7. The van der Waals surface area contributed by atoms with Gasteiger partial charge >= 0.3 is 0 Å². The minimum absolute atomic E-state index is 0.244. The van der Waals surface area contributed by atoms with Crippen molar-refractivity contribution in [3.63, 3.8) is 0 Å². The molecule has 0 aliphatic carbocycles. The Morgan fingerprint density at radius 1 is 1.47 bits per heavy atom. The summed E-state index contributed by atoms with van der Waals surface area (Å²) < 4.78 is 5.10. The highest BCUT2D eigenvalue weighted by Crippen LogP contribution is 2.18. The molecule has 0 spiro atoms. The second-order valence-corrected chi connectivity index (χ2v) is 5.65. The number of hydrogen-bond acceptors (Lipinski definition) is 6. The molecule has 0 bridgehead atoms. The molecule has 0 atom stereocenters. The van der Waals surface area contributed by atoms with Crippen LogP contribution in [0, 0.1) is 13.8 Å². The number of hydrogen-bond donors (Lipinski definition) is 2. The Labute approximate surface area is 117 Å². The lowest BCUT2D eigenvalue weighted by Gasteiger charge is -2.20. The molecule has 0 amide bonds. The topological polar surface area (TPSA) is 84.0 Å². The van der Waals surface area contributed by atoms with Crippen LogP contribution in [0.15, 0.2) is 5.16 Å². The normalized spacial score (nSPS) is 12.3. The zero-order chi connectivity index (χ0) is 14.3. The summed E-state index contributed by atoms with van der Waals surface area (Å²) in [4.78, 5) is 7.97. The van der Waals surface area contributed by atoms with E-state index >= 15 is 0 Å². The minimum atomic E-state index is 0.244. The van der Waals surface area contributed by atoms with Crippen molar-refractivity contribution in [1.82, 2.24) is 9.88 Å². The first kappa shape index (κ1) is 15.9. The molecule has 0 aliphatic rings. The number of thiazole rings is 1. The molecule has 1 heterocycles. The van der Waals surface area contributed by atoms with E-state index in [2.05, 4.69) is 22.0 Å². The van der Waals surface area contributed by atoms with E-state index in [1.54, 1.807) is 18.4 Å². The molecule has 7 heteroatoms. The van der Waals surface area contributed by atoms with Crippen molar-refractivity contribution in [2.45, 2.75) is 26.8 Å². The van der Waals surface area contributed by atoms with Crippen LogP contribution in [0.2, 0.25) is 0 Å². The van der Waals surface area contributed by atoms with Crippen LogP contribution < -0.4 is 5.73 Å².